The first kappa shape index (κ1) is 25.5. The van der Waals surface area contributed by atoms with Crippen LogP contribution in [-0.2, 0) is 14.8 Å². The summed E-state index contributed by atoms with van der Waals surface area (Å²) in [6, 6.07) is 11.2. The largest absolute Gasteiger partial charge is 0.497 e. The minimum absolute atomic E-state index is 0.0433. The van der Waals surface area contributed by atoms with E-state index in [1.807, 2.05) is 0 Å². The number of aryl methyl sites for hydroxylation is 1. The molecule has 0 aliphatic carbocycles. The molecule has 0 bridgehead atoms. The lowest BCUT2D eigenvalue weighted by Crippen LogP contribution is -2.42. The lowest BCUT2D eigenvalue weighted by atomic mass is 9.97. The number of carbonyl (C=O) groups is 2. The molecule has 1 saturated heterocycles. The van der Waals surface area contributed by atoms with Crippen molar-refractivity contribution in [2.45, 2.75) is 31.1 Å². The molecule has 0 saturated carbocycles. The van der Waals surface area contributed by atoms with E-state index in [4.69, 9.17) is 10.5 Å². The van der Waals surface area contributed by atoms with Crippen molar-refractivity contribution >= 4 is 27.5 Å². The molecule has 0 aromatic heterocycles. The van der Waals surface area contributed by atoms with Crippen LogP contribution >= 0.6 is 0 Å². The second-order valence-electron chi connectivity index (χ2n) is 8.47. The predicted molar refractivity (Wildman–Crippen MR) is 130 cm³/mol. The molecule has 2 aromatic carbocycles. The minimum atomic E-state index is -3.89. The summed E-state index contributed by atoms with van der Waals surface area (Å²) in [5.74, 6) is -0.0901. The van der Waals surface area contributed by atoms with Crippen molar-refractivity contribution in [2.75, 3.05) is 38.0 Å². The van der Waals surface area contributed by atoms with Crippen molar-refractivity contribution in [3.63, 3.8) is 0 Å². The molecule has 1 unspecified atom stereocenters. The SMILES string of the molecule is COc1ccc(NS(=O)(=O)c2cc(C(=O)NCCCN3CCCC(C(N)=O)C3)ccc2C)cc1. The number of amides is 2. The third-order valence-electron chi connectivity index (χ3n) is 5.93. The summed E-state index contributed by atoms with van der Waals surface area (Å²) >= 11 is 0. The van der Waals surface area contributed by atoms with Crippen LogP contribution < -0.4 is 20.5 Å². The lowest BCUT2D eigenvalue weighted by Gasteiger charge is -2.31. The highest BCUT2D eigenvalue weighted by atomic mass is 32.2. The van der Waals surface area contributed by atoms with E-state index in [0.717, 1.165) is 25.9 Å². The number of methoxy groups -OCH3 is 1. The van der Waals surface area contributed by atoms with Gasteiger partial charge in [-0.3, -0.25) is 14.3 Å². The van der Waals surface area contributed by atoms with Gasteiger partial charge in [0.25, 0.3) is 15.9 Å². The van der Waals surface area contributed by atoms with Crippen LogP contribution in [0, 0.1) is 12.8 Å². The number of ether oxygens (including phenoxy) is 1. The topological polar surface area (TPSA) is 131 Å². The number of hydrogen-bond donors (Lipinski definition) is 3. The average molecular weight is 489 g/mol. The van der Waals surface area contributed by atoms with E-state index in [1.54, 1.807) is 43.3 Å². The molecule has 1 aliphatic heterocycles. The number of rotatable bonds is 10. The Morgan fingerprint density at radius 3 is 2.59 bits per heavy atom. The van der Waals surface area contributed by atoms with Crippen molar-refractivity contribution in [3.8, 4) is 5.75 Å². The van der Waals surface area contributed by atoms with Gasteiger partial charge < -0.3 is 20.7 Å². The van der Waals surface area contributed by atoms with E-state index >= 15 is 0 Å². The highest BCUT2D eigenvalue weighted by Gasteiger charge is 2.23. The number of anilines is 1. The third kappa shape index (κ3) is 6.71. The Balaban J connectivity index is 1.57. The first-order valence-electron chi connectivity index (χ1n) is 11.3. The molecule has 0 radical (unpaired) electrons. The Hall–Kier alpha value is -3.11. The second-order valence-corrected chi connectivity index (χ2v) is 10.1. The fourth-order valence-electron chi connectivity index (χ4n) is 4.00. The maximum absolute atomic E-state index is 12.9. The number of primary amides is 1. The molecule has 34 heavy (non-hydrogen) atoms. The zero-order chi connectivity index (χ0) is 24.7. The summed E-state index contributed by atoms with van der Waals surface area (Å²) < 4.78 is 33.5. The fraction of sp³-hybridized carbons (Fsp3) is 0.417. The first-order valence-corrected chi connectivity index (χ1v) is 12.8. The summed E-state index contributed by atoms with van der Waals surface area (Å²) in [7, 11) is -2.35. The quantitative estimate of drug-likeness (QED) is 0.439. The molecule has 1 aliphatic rings. The molecule has 10 heteroatoms. The Bertz CT molecular complexity index is 1120. The fourth-order valence-corrected chi connectivity index (χ4v) is 5.33. The number of nitrogens with zero attached hydrogens (tertiary/aromatic N) is 1. The van der Waals surface area contributed by atoms with Crippen molar-refractivity contribution in [1.82, 2.24) is 10.2 Å². The van der Waals surface area contributed by atoms with Crippen molar-refractivity contribution in [2.24, 2.45) is 11.7 Å². The van der Waals surface area contributed by atoms with Gasteiger partial charge in [0.1, 0.15) is 5.75 Å². The summed E-state index contributed by atoms with van der Waals surface area (Å²) in [5.41, 5.74) is 6.62. The van der Waals surface area contributed by atoms with E-state index in [9.17, 15) is 18.0 Å². The van der Waals surface area contributed by atoms with Crippen LogP contribution in [0.4, 0.5) is 5.69 Å². The van der Waals surface area contributed by atoms with Crippen LogP contribution in [0.1, 0.15) is 35.2 Å². The van der Waals surface area contributed by atoms with Gasteiger partial charge in [0.15, 0.2) is 0 Å². The van der Waals surface area contributed by atoms with E-state index in [0.29, 0.717) is 36.5 Å². The molecule has 9 nitrogen and oxygen atoms in total. The molecular weight excluding hydrogens is 456 g/mol. The van der Waals surface area contributed by atoms with Crippen LogP contribution in [-0.4, -0.2) is 58.4 Å². The van der Waals surface area contributed by atoms with Gasteiger partial charge in [-0.2, -0.15) is 0 Å². The van der Waals surface area contributed by atoms with Crippen molar-refractivity contribution in [1.29, 1.82) is 0 Å². The van der Waals surface area contributed by atoms with Crippen LogP contribution in [0.2, 0.25) is 0 Å². The normalized spacial score (nSPS) is 16.6. The van der Waals surface area contributed by atoms with Gasteiger partial charge in [-0.25, -0.2) is 8.42 Å². The number of nitrogens with two attached hydrogens (primary N) is 1. The number of piperidine rings is 1. The van der Waals surface area contributed by atoms with Crippen LogP contribution in [0.25, 0.3) is 0 Å². The maximum atomic E-state index is 12.9. The number of sulfonamides is 1. The lowest BCUT2D eigenvalue weighted by molar-refractivity contribution is -0.123. The van der Waals surface area contributed by atoms with Gasteiger partial charge in [0.05, 0.1) is 17.9 Å². The Kier molecular flexibility index (Phi) is 8.51. The van der Waals surface area contributed by atoms with E-state index in [-0.39, 0.29) is 28.2 Å². The summed E-state index contributed by atoms with van der Waals surface area (Å²) in [6.45, 7) is 4.45. The maximum Gasteiger partial charge on any atom is 0.262 e. The van der Waals surface area contributed by atoms with E-state index < -0.39 is 10.0 Å². The van der Waals surface area contributed by atoms with E-state index in [2.05, 4.69) is 14.9 Å². The predicted octanol–water partition coefficient (Wildman–Crippen LogP) is 2.12. The second kappa shape index (κ2) is 11.3. The van der Waals surface area contributed by atoms with Crippen LogP contribution in [0.5, 0.6) is 5.75 Å². The monoisotopic (exact) mass is 488 g/mol. The molecule has 2 amide bonds. The molecule has 0 spiro atoms. The molecule has 1 heterocycles. The Labute approximate surface area is 200 Å². The Morgan fingerprint density at radius 1 is 1.18 bits per heavy atom. The number of hydrogen-bond acceptors (Lipinski definition) is 6. The third-order valence-corrected chi connectivity index (χ3v) is 7.45. The van der Waals surface area contributed by atoms with Crippen LogP contribution in [0.3, 0.4) is 0 Å². The minimum Gasteiger partial charge on any atom is -0.497 e. The molecule has 1 atom stereocenters. The molecule has 1 fully saturated rings. The summed E-state index contributed by atoms with van der Waals surface area (Å²) in [5, 5.41) is 2.85. The number of carbonyl (C=O) groups excluding carboxylic acids is 2. The van der Waals surface area contributed by atoms with Gasteiger partial charge >= 0.3 is 0 Å². The van der Waals surface area contributed by atoms with Gasteiger partial charge in [0, 0.05) is 24.3 Å². The van der Waals surface area contributed by atoms with Gasteiger partial charge in [0.2, 0.25) is 5.91 Å². The molecular formula is C24H32N4O5S. The molecule has 4 N–H and O–H groups in total. The molecule has 3 rings (SSSR count). The Morgan fingerprint density at radius 2 is 1.91 bits per heavy atom. The smallest absolute Gasteiger partial charge is 0.262 e. The zero-order valence-corrected chi connectivity index (χ0v) is 20.4. The van der Waals surface area contributed by atoms with Gasteiger partial charge in [-0.15, -0.1) is 0 Å². The van der Waals surface area contributed by atoms with Crippen molar-refractivity contribution < 1.29 is 22.7 Å². The zero-order valence-electron chi connectivity index (χ0n) is 19.5. The average Bonchev–Trinajstić information content (AvgIpc) is 2.82. The standard InChI is InChI=1S/C24H32N4O5S/c1-17-6-7-18(15-22(17)34(31,32)27-20-8-10-21(33-2)11-9-20)24(30)26-12-4-14-28-13-3-5-19(16-28)23(25)29/h6-11,15,19,27H,3-5,12-14,16H2,1-2H3,(H2,25,29)(H,26,30). The number of likely N-dealkylation sites (tertiary alicyclic amines) is 1. The molecule has 2 aromatic rings. The van der Waals surface area contributed by atoms with Crippen LogP contribution in [0.15, 0.2) is 47.4 Å². The number of benzene rings is 2. The van der Waals surface area contributed by atoms with Crippen molar-refractivity contribution in [3.05, 3.63) is 53.6 Å². The van der Waals surface area contributed by atoms with E-state index in [1.165, 1.54) is 13.2 Å². The van der Waals surface area contributed by atoms with Gasteiger partial charge in [-0.1, -0.05) is 6.07 Å². The summed E-state index contributed by atoms with van der Waals surface area (Å²) in [4.78, 5) is 26.3. The summed E-state index contributed by atoms with van der Waals surface area (Å²) in [6.07, 6.45) is 2.48. The number of nitrogens with one attached hydrogen (secondary N) is 2. The van der Waals surface area contributed by atoms with Gasteiger partial charge in [-0.05, 0) is 81.2 Å². The highest BCUT2D eigenvalue weighted by Crippen LogP contribution is 2.22. The first-order chi connectivity index (χ1) is 16.2. The molecule has 184 valence electrons. The highest BCUT2D eigenvalue weighted by molar-refractivity contribution is 7.92.